The van der Waals surface area contributed by atoms with Crippen molar-refractivity contribution in [1.29, 1.82) is 0 Å². The highest BCUT2D eigenvalue weighted by Gasteiger charge is 2.11. The van der Waals surface area contributed by atoms with Gasteiger partial charge in [0.15, 0.2) is 5.96 Å². The molecule has 0 spiro atoms. The van der Waals surface area contributed by atoms with Gasteiger partial charge in [0.25, 0.3) is 0 Å². The van der Waals surface area contributed by atoms with Crippen molar-refractivity contribution in [2.24, 2.45) is 4.99 Å². The van der Waals surface area contributed by atoms with Crippen LogP contribution >= 0.6 is 11.6 Å². The molecule has 0 saturated heterocycles. The Bertz CT molecular complexity index is 709. The molecule has 2 rings (SSSR count). The zero-order valence-corrected chi connectivity index (χ0v) is 14.9. The highest BCUT2D eigenvalue weighted by Crippen LogP contribution is 2.22. The average molecular weight is 364 g/mol. The minimum absolute atomic E-state index is 0.179. The van der Waals surface area contributed by atoms with Gasteiger partial charge in [0.05, 0.1) is 6.54 Å². The molecule has 2 aromatic rings. The fourth-order valence-corrected chi connectivity index (χ4v) is 2.64. The number of aliphatic imine (C=N–C) groups is 1. The normalized spacial score (nSPS) is 12.7. The van der Waals surface area contributed by atoms with Gasteiger partial charge in [-0.05, 0) is 31.0 Å². The molecule has 0 amide bonds. The summed E-state index contributed by atoms with van der Waals surface area (Å²) < 4.78 is 13.6. The summed E-state index contributed by atoms with van der Waals surface area (Å²) in [6.07, 6.45) is -0.236. The molecule has 0 radical (unpaired) electrons. The number of nitrogens with one attached hydrogen (secondary N) is 2. The van der Waals surface area contributed by atoms with Crippen LogP contribution in [-0.4, -0.2) is 30.7 Å². The summed E-state index contributed by atoms with van der Waals surface area (Å²) in [5, 5.41) is 17.0. The van der Waals surface area contributed by atoms with E-state index in [9.17, 15) is 9.50 Å². The standard InChI is InChI=1S/C19H23ClFN3O/c1-2-22-19(23-12-11-14-7-3-6-10-17(14)21)24-13-18(25)15-8-4-5-9-16(15)20/h3-10,18,25H,2,11-13H2,1H3,(H2,22,23,24). The molecule has 0 saturated carbocycles. The Morgan fingerprint density at radius 3 is 2.60 bits per heavy atom. The molecule has 4 nitrogen and oxygen atoms in total. The van der Waals surface area contributed by atoms with E-state index in [-0.39, 0.29) is 12.4 Å². The second-order valence-electron chi connectivity index (χ2n) is 5.53. The smallest absolute Gasteiger partial charge is 0.191 e. The van der Waals surface area contributed by atoms with Gasteiger partial charge in [-0.3, -0.25) is 4.99 Å². The molecule has 134 valence electrons. The number of halogens is 2. The van der Waals surface area contributed by atoms with Crippen molar-refractivity contribution < 1.29 is 9.50 Å². The van der Waals surface area contributed by atoms with E-state index < -0.39 is 6.10 Å². The Kier molecular flexibility index (Phi) is 7.70. The molecule has 0 heterocycles. The van der Waals surface area contributed by atoms with Crippen molar-refractivity contribution in [1.82, 2.24) is 10.6 Å². The molecule has 3 N–H and O–H groups in total. The molecule has 2 aromatic carbocycles. The first kappa shape index (κ1) is 19.2. The molecule has 6 heteroatoms. The third-order valence-corrected chi connectivity index (χ3v) is 4.02. The predicted molar refractivity (Wildman–Crippen MR) is 100 cm³/mol. The minimum Gasteiger partial charge on any atom is -0.386 e. The zero-order chi connectivity index (χ0) is 18.1. The lowest BCUT2D eigenvalue weighted by atomic mass is 10.1. The summed E-state index contributed by atoms with van der Waals surface area (Å²) in [7, 11) is 0. The highest BCUT2D eigenvalue weighted by molar-refractivity contribution is 6.31. The minimum atomic E-state index is -0.782. The molecule has 0 aliphatic rings. The molecule has 0 fully saturated rings. The Morgan fingerprint density at radius 1 is 1.16 bits per heavy atom. The number of aliphatic hydroxyl groups excluding tert-OH is 1. The lowest BCUT2D eigenvalue weighted by molar-refractivity contribution is 0.187. The van der Waals surface area contributed by atoms with Crippen molar-refractivity contribution in [3.05, 3.63) is 70.5 Å². The van der Waals surface area contributed by atoms with Gasteiger partial charge in [0.2, 0.25) is 0 Å². The second-order valence-corrected chi connectivity index (χ2v) is 5.93. The third kappa shape index (κ3) is 6.03. The van der Waals surface area contributed by atoms with Gasteiger partial charge in [0, 0.05) is 23.7 Å². The van der Waals surface area contributed by atoms with Crippen molar-refractivity contribution >= 4 is 17.6 Å². The summed E-state index contributed by atoms with van der Waals surface area (Å²) in [6.45, 7) is 3.36. The summed E-state index contributed by atoms with van der Waals surface area (Å²) in [4.78, 5) is 4.38. The van der Waals surface area contributed by atoms with Gasteiger partial charge in [-0.1, -0.05) is 48.0 Å². The van der Waals surface area contributed by atoms with Crippen LogP contribution in [0.2, 0.25) is 5.02 Å². The monoisotopic (exact) mass is 363 g/mol. The molecule has 0 aliphatic carbocycles. The predicted octanol–water partition coefficient (Wildman–Crippen LogP) is 3.31. The molecule has 25 heavy (non-hydrogen) atoms. The molecule has 0 bridgehead atoms. The highest BCUT2D eigenvalue weighted by atomic mass is 35.5. The fourth-order valence-electron chi connectivity index (χ4n) is 2.38. The van der Waals surface area contributed by atoms with E-state index in [4.69, 9.17) is 11.6 Å². The molecule has 0 aliphatic heterocycles. The van der Waals surface area contributed by atoms with Crippen LogP contribution in [-0.2, 0) is 6.42 Å². The summed E-state index contributed by atoms with van der Waals surface area (Å²) in [5.41, 5.74) is 1.30. The van der Waals surface area contributed by atoms with Crippen LogP contribution in [0.5, 0.6) is 0 Å². The van der Waals surface area contributed by atoms with Gasteiger partial charge < -0.3 is 15.7 Å². The molecule has 0 aromatic heterocycles. The maximum atomic E-state index is 13.6. The van der Waals surface area contributed by atoms with E-state index >= 15 is 0 Å². The van der Waals surface area contributed by atoms with Crippen molar-refractivity contribution in [3.8, 4) is 0 Å². The fraction of sp³-hybridized carbons (Fsp3) is 0.316. The maximum Gasteiger partial charge on any atom is 0.191 e. The Balaban J connectivity index is 1.92. The molecule has 1 atom stereocenters. The first-order chi connectivity index (χ1) is 12.1. The Labute approximate surface area is 152 Å². The van der Waals surface area contributed by atoms with Crippen LogP contribution in [0.15, 0.2) is 53.5 Å². The maximum absolute atomic E-state index is 13.6. The van der Waals surface area contributed by atoms with E-state index in [1.807, 2.05) is 25.1 Å². The van der Waals surface area contributed by atoms with Gasteiger partial charge in [0.1, 0.15) is 11.9 Å². The van der Waals surface area contributed by atoms with Crippen LogP contribution in [0.1, 0.15) is 24.2 Å². The number of benzene rings is 2. The van der Waals surface area contributed by atoms with Crippen LogP contribution in [0.25, 0.3) is 0 Å². The van der Waals surface area contributed by atoms with E-state index in [2.05, 4.69) is 15.6 Å². The van der Waals surface area contributed by atoms with Crippen LogP contribution in [0.3, 0.4) is 0 Å². The first-order valence-electron chi connectivity index (χ1n) is 8.30. The van der Waals surface area contributed by atoms with E-state index in [0.717, 1.165) is 0 Å². The van der Waals surface area contributed by atoms with Crippen LogP contribution in [0, 0.1) is 5.82 Å². The van der Waals surface area contributed by atoms with Crippen molar-refractivity contribution in [3.63, 3.8) is 0 Å². The summed E-state index contributed by atoms with van der Waals surface area (Å²) in [6, 6.07) is 13.9. The Hall–Kier alpha value is -2.11. The lowest BCUT2D eigenvalue weighted by Gasteiger charge is -2.14. The topological polar surface area (TPSA) is 56.7 Å². The number of rotatable bonds is 7. The molecular weight excluding hydrogens is 341 g/mol. The first-order valence-corrected chi connectivity index (χ1v) is 8.67. The number of hydrogen-bond acceptors (Lipinski definition) is 2. The Morgan fingerprint density at radius 2 is 1.88 bits per heavy atom. The number of nitrogens with zero attached hydrogens (tertiary/aromatic N) is 1. The lowest BCUT2D eigenvalue weighted by Crippen LogP contribution is -2.38. The largest absolute Gasteiger partial charge is 0.386 e. The number of hydrogen-bond donors (Lipinski definition) is 3. The number of guanidine groups is 1. The van der Waals surface area contributed by atoms with Crippen LogP contribution in [0.4, 0.5) is 4.39 Å². The van der Waals surface area contributed by atoms with E-state index in [1.54, 1.807) is 24.3 Å². The van der Waals surface area contributed by atoms with E-state index in [0.29, 0.717) is 41.6 Å². The van der Waals surface area contributed by atoms with Crippen LogP contribution < -0.4 is 10.6 Å². The quantitative estimate of drug-likeness (QED) is 0.522. The third-order valence-electron chi connectivity index (χ3n) is 3.68. The van der Waals surface area contributed by atoms with Crippen molar-refractivity contribution in [2.45, 2.75) is 19.4 Å². The zero-order valence-electron chi connectivity index (χ0n) is 14.2. The second kappa shape index (κ2) is 10.0. The summed E-state index contributed by atoms with van der Waals surface area (Å²) >= 11 is 6.09. The molecule has 1 unspecified atom stereocenters. The van der Waals surface area contributed by atoms with Gasteiger partial charge in [-0.25, -0.2) is 4.39 Å². The summed E-state index contributed by atoms with van der Waals surface area (Å²) in [5.74, 6) is 0.366. The molecular formula is C19H23ClFN3O. The van der Waals surface area contributed by atoms with Crippen molar-refractivity contribution in [2.75, 3.05) is 19.6 Å². The van der Waals surface area contributed by atoms with Gasteiger partial charge >= 0.3 is 0 Å². The van der Waals surface area contributed by atoms with E-state index in [1.165, 1.54) is 6.07 Å². The van der Waals surface area contributed by atoms with Gasteiger partial charge in [-0.15, -0.1) is 0 Å². The van der Waals surface area contributed by atoms with Gasteiger partial charge in [-0.2, -0.15) is 0 Å². The number of aliphatic hydroxyl groups is 1. The average Bonchev–Trinajstić information content (AvgIpc) is 2.61. The SMILES string of the molecule is CCNC(=NCC(O)c1ccccc1Cl)NCCc1ccccc1F.